The van der Waals surface area contributed by atoms with E-state index in [1.165, 1.54) is 0 Å². The number of carboxylic acid groups (broad SMARTS) is 1. The van der Waals surface area contributed by atoms with Crippen molar-refractivity contribution in [2.45, 2.75) is 24.8 Å². The Balaban J connectivity index is 1.60. The number of hydrogen-bond acceptors (Lipinski definition) is 3. The Kier molecular flexibility index (Phi) is 5.71. The van der Waals surface area contributed by atoms with E-state index < -0.39 is 17.8 Å². The number of urea groups is 1. The topological polar surface area (TPSA) is 108 Å². The molecular formula is C20H21N3O4. The molecule has 4 N–H and O–H groups in total. The average molecular weight is 367 g/mol. The maximum absolute atomic E-state index is 12.4. The number of nitrogens with one attached hydrogen (secondary N) is 3. The predicted octanol–water partition coefficient (Wildman–Crippen LogP) is 2.57. The summed E-state index contributed by atoms with van der Waals surface area (Å²) in [5.41, 5.74) is 1.47. The van der Waals surface area contributed by atoms with Crippen molar-refractivity contribution in [3.05, 3.63) is 65.7 Å². The minimum atomic E-state index is -1.01. The van der Waals surface area contributed by atoms with Crippen molar-refractivity contribution in [3.63, 3.8) is 0 Å². The summed E-state index contributed by atoms with van der Waals surface area (Å²) < 4.78 is 0. The zero-order chi connectivity index (χ0) is 19.2. The zero-order valence-corrected chi connectivity index (χ0v) is 14.6. The molecule has 7 heteroatoms. The Morgan fingerprint density at radius 3 is 2.44 bits per heavy atom. The Morgan fingerprint density at radius 2 is 1.78 bits per heavy atom. The van der Waals surface area contributed by atoms with Crippen LogP contribution in [0.15, 0.2) is 54.6 Å². The highest BCUT2D eigenvalue weighted by Gasteiger charge is 2.23. The molecule has 140 valence electrons. The van der Waals surface area contributed by atoms with Gasteiger partial charge in [0.15, 0.2) is 0 Å². The van der Waals surface area contributed by atoms with Gasteiger partial charge in [-0.2, -0.15) is 0 Å². The monoisotopic (exact) mass is 367 g/mol. The highest BCUT2D eigenvalue weighted by molar-refractivity contribution is 5.97. The van der Waals surface area contributed by atoms with Crippen LogP contribution < -0.4 is 16.0 Å². The first kappa shape index (κ1) is 18.4. The predicted molar refractivity (Wildman–Crippen MR) is 101 cm³/mol. The third-order valence-electron chi connectivity index (χ3n) is 4.26. The number of carboxylic acids is 1. The van der Waals surface area contributed by atoms with E-state index in [9.17, 15) is 19.5 Å². The average Bonchev–Trinajstić information content (AvgIpc) is 3.46. The Labute approximate surface area is 156 Å². The summed E-state index contributed by atoms with van der Waals surface area (Å²) in [5, 5.41) is 17.6. The normalized spacial score (nSPS) is 14.1. The van der Waals surface area contributed by atoms with Crippen LogP contribution in [0.5, 0.6) is 0 Å². The molecule has 0 saturated heterocycles. The van der Waals surface area contributed by atoms with E-state index in [0.717, 1.165) is 12.8 Å². The molecule has 1 aliphatic carbocycles. The molecule has 0 bridgehead atoms. The van der Waals surface area contributed by atoms with Crippen LogP contribution in [0.4, 0.5) is 10.5 Å². The Morgan fingerprint density at radius 1 is 1.04 bits per heavy atom. The smallest absolute Gasteiger partial charge is 0.319 e. The van der Waals surface area contributed by atoms with E-state index in [1.54, 1.807) is 54.6 Å². The van der Waals surface area contributed by atoms with Crippen molar-refractivity contribution in [1.29, 1.82) is 0 Å². The van der Waals surface area contributed by atoms with Gasteiger partial charge in [0.25, 0.3) is 5.91 Å². The van der Waals surface area contributed by atoms with E-state index >= 15 is 0 Å². The molecule has 1 saturated carbocycles. The van der Waals surface area contributed by atoms with E-state index in [1.807, 2.05) is 0 Å². The van der Waals surface area contributed by atoms with Crippen LogP contribution in [0.25, 0.3) is 0 Å². The minimum Gasteiger partial charge on any atom is -0.481 e. The van der Waals surface area contributed by atoms with Crippen molar-refractivity contribution < 1.29 is 19.5 Å². The first-order valence-electron chi connectivity index (χ1n) is 8.76. The molecule has 7 nitrogen and oxygen atoms in total. The lowest BCUT2D eigenvalue weighted by atomic mass is 9.99. The number of anilines is 1. The SMILES string of the molecule is O=C(Nc1cccc(C(=O)NCC(C(=O)O)c2ccccc2)c1)NC1CC1. The molecule has 0 heterocycles. The summed E-state index contributed by atoms with van der Waals surface area (Å²) in [4.78, 5) is 35.7. The number of hydrogen-bond donors (Lipinski definition) is 4. The number of carbonyl (C=O) groups excluding carboxylic acids is 2. The van der Waals surface area contributed by atoms with Crippen LogP contribution in [0.3, 0.4) is 0 Å². The van der Waals surface area contributed by atoms with Crippen molar-refractivity contribution in [1.82, 2.24) is 10.6 Å². The third-order valence-corrected chi connectivity index (χ3v) is 4.26. The van der Waals surface area contributed by atoms with Gasteiger partial charge in [0.1, 0.15) is 0 Å². The number of aliphatic carboxylic acids is 1. The van der Waals surface area contributed by atoms with Crippen molar-refractivity contribution in [2.24, 2.45) is 0 Å². The molecule has 1 fully saturated rings. The van der Waals surface area contributed by atoms with E-state index in [0.29, 0.717) is 16.8 Å². The number of rotatable bonds is 7. The standard InChI is InChI=1S/C20H21N3O4/c24-18(21-12-17(19(25)26)13-5-2-1-3-6-13)14-7-4-8-16(11-14)23-20(27)22-15-9-10-15/h1-8,11,15,17H,9-10,12H2,(H,21,24)(H,25,26)(H2,22,23,27). The van der Waals surface area contributed by atoms with Gasteiger partial charge in [0.05, 0.1) is 5.92 Å². The van der Waals surface area contributed by atoms with Crippen LogP contribution >= 0.6 is 0 Å². The fourth-order valence-electron chi connectivity index (χ4n) is 2.65. The largest absolute Gasteiger partial charge is 0.481 e. The van der Waals surface area contributed by atoms with Gasteiger partial charge in [0.2, 0.25) is 0 Å². The number of carbonyl (C=O) groups is 3. The fourth-order valence-corrected chi connectivity index (χ4v) is 2.65. The molecule has 1 atom stereocenters. The lowest BCUT2D eigenvalue weighted by Crippen LogP contribution is -2.32. The zero-order valence-electron chi connectivity index (χ0n) is 14.6. The van der Waals surface area contributed by atoms with E-state index in [2.05, 4.69) is 16.0 Å². The number of benzene rings is 2. The van der Waals surface area contributed by atoms with Gasteiger partial charge in [-0.05, 0) is 36.6 Å². The number of amides is 3. The summed E-state index contributed by atoms with van der Waals surface area (Å²) in [6.45, 7) is -0.0298. The highest BCUT2D eigenvalue weighted by atomic mass is 16.4. The quantitative estimate of drug-likeness (QED) is 0.603. The molecule has 0 aliphatic heterocycles. The molecule has 3 amide bonds. The van der Waals surface area contributed by atoms with E-state index in [-0.39, 0.29) is 18.6 Å². The summed E-state index contributed by atoms with van der Waals surface area (Å²) in [6, 6.07) is 15.2. The molecule has 2 aromatic rings. The molecule has 27 heavy (non-hydrogen) atoms. The van der Waals surface area contributed by atoms with Gasteiger partial charge in [-0.25, -0.2) is 4.79 Å². The van der Waals surface area contributed by atoms with Gasteiger partial charge in [-0.1, -0.05) is 36.4 Å². The first-order chi connectivity index (χ1) is 13.0. The summed E-state index contributed by atoms with van der Waals surface area (Å²) in [5.74, 6) is -2.24. The maximum atomic E-state index is 12.4. The second-order valence-electron chi connectivity index (χ2n) is 6.47. The van der Waals surface area contributed by atoms with Crippen LogP contribution in [-0.2, 0) is 4.79 Å². The Hall–Kier alpha value is -3.35. The van der Waals surface area contributed by atoms with Gasteiger partial charge in [-0.3, -0.25) is 9.59 Å². The molecule has 2 aromatic carbocycles. The fraction of sp³-hybridized carbons (Fsp3) is 0.250. The van der Waals surface area contributed by atoms with Crippen LogP contribution in [0, 0.1) is 0 Å². The second-order valence-corrected chi connectivity index (χ2v) is 6.47. The molecule has 3 rings (SSSR count). The Bertz CT molecular complexity index is 834. The molecule has 0 aromatic heterocycles. The molecule has 0 spiro atoms. The molecule has 1 unspecified atom stereocenters. The first-order valence-corrected chi connectivity index (χ1v) is 8.76. The van der Waals surface area contributed by atoms with Crippen LogP contribution in [-0.4, -0.2) is 35.6 Å². The van der Waals surface area contributed by atoms with Crippen LogP contribution in [0.1, 0.15) is 34.7 Å². The summed E-state index contributed by atoms with van der Waals surface area (Å²) >= 11 is 0. The van der Waals surface area contributed by atoms with Crippen molar-refractivity contribution in [3.8, 4) is 0 Å². The lowest BCUT2D eigenvalue weighted by Gasteiger charge is -2.14. The summed E-state index contributed by atoms with van der Waals surface area (Å²) in [7, 11) is 0. The second kappa shape index (κ2) is 8.35. The lowest BCUT2D eigenvalue weighted by molar-refractivity contribution is -0.138. The third kappa shape index (κ3) is 5.31. The highest BCUT2D eigenvalue weighted by Crippen LogP contribution is 2.19. The van der Waals surface area contributed by atoms with Crippen molar-refractivity contribution in [2.75, 3.05) is 11.9 Å². The van der Waals surface area contributed by atoms with Gasteiger partial charge >= 0.3 is 12.0 Å². The van der Waals surface area contributed by atoms with Gasteiger partial charge < -0.3 is 21.1 Å². The molecule has 1 aliphatic rings. The summed E-state index contributed by atoms with van der Waals surface area (Å²) in [6.07, 6.45) is 1.98. The maximum Gasteiger partial charge on any atom is 0.319 e. The van der Waals surface area contributed by atoms with Crippen LogP contribution in [0.2, 0.25) is 0 Å². The molecule has 0 radical (unpaired) electrons. The van der Waals surface area contributed by atoms with Gasteiger partial charge in [-0.15, -0.1) is 0 Å². The van der Waals surface area contributed by atoms with E-state index in [4.69, 9.17) is 0 Å². The molecular weight excluding hydrogens is 346 g/mol. The van der Waals surface area contributed by atoms with Gasteiger partial charge in [0, 0.05) is 23.8 Å². The minimum absolute atomic E-state index is 0.0298. The van der Waals surface area contributed by atoms with Crippen molar-refractivity contribution >= 4 is 23.6 Å².